The third-order valence-corrected chi connectivity index (χ3v) is 4.38. The lowest BCUT2D eigenvalue weighted by Crippen LogP contribution is -2.04. The minimum absolute atomic E-state index is 0.485. The van der Waals surface area contributed by atoms with E-state index < -0.39 is 0 Å². The van der Waals surface area contributed by atoms with Crippen LogP contribution in [0.1, 0.15) is 11.1 Å². The molecule has 0 saturated carbocycles. The highest BCUT2D eigenvalue weighted by molar-refractivity contribution is 7.71. The average Bonchev–Trinajstić information content (AvgIpc) is 3.29. The number of tetrazole rings is 1. The van der Waals surface area contributed by atoms with Gasteiger partial charge in [-0.05, 0) is 40.3 Å². The minimum atomic E-state index is 0.485. The molecule has 2 aromatic carbocycles. The molecule has 0 aliphatic rings. The first-order valence-corrected chi connectivity index (χ1v) is 8.28. The SMILES string of the molecule is N#Cc1ccc(Cn2nnnc2-c2c[nH]n(-c3ccccc3)c2=S)cc1. The maximum atomic E-state index is 8.90. The highest BCUT2D eigenvalue weighted by Crippen LogP contribution is 2.20. The van der Waals surface area contributed by atoms with E-state index in [0.29, 0.717) is 22.6 Å². The van der Waals surface area contributed by atoms with E-state index in [-0.39, 0.29) is 0 Å². The second-order valence-electron chi connectivity index (χ2n) is 5.63. The molecule has 0 unspecified atom stereocenters. The first kappa shape index (κ1) is 15.9. The van der Waals surface area contributed by atoms with Crippen LogP contribution >= 0.6 is 12.2 Å². The molecule has 7 nitrogen and oxygen atoms in total. The maximum absolute atomic E-state index is 8.90. The van der Waals surface area contributed by atoms with Gasteiger partial charge in [0.15, 0.2) is 5.82 Å². The quantitative estimate of drug-likeness (QED) is 0.566. The molecule has 2 heterocycles. The van der Waals surface area contributed by atoms with Crippen molar-refractivity contribution in [3.63, 3.8) is 0 Å². The summed E-state index contributed by atoms with van der Waals surface area (Å²) in [5.41, 5.74) is 3.31. The second-order valence-corrected chi connectivity index (χ2v) is 6.02. The number of nitriles is 1. The van der Waals surface area contributed by atoms with Crippen molar-refractivity contribution in [2.45, 2.75) is 6.54 Å². The monoisotopic (exact) mass is 359 g/mol. The zero-order valence-electron chi connectivity index (χ0n) is 13.6. The molecule has 4 aromatic rings. The summed E-state index contributed by atoms with van der Waals surface area (Å²) in [5.74, 6) is 0.588. The number of H-pyrrole nitrogens is 1. The molecule has 2 aromatic heterocycles. The third-order valence-electron chi connectivity index (χ3n) is 3.97. The van der Waals surface area contributed by atoms with Crippen LogP contribution in [0, 0.1) is 16.0 Å². The summed E-state index contributed by atoms with van der Waals surface area (Å²) in [7, 11) is 0. The molecular formula is C18H13N7S. The number of para-hydroxylation sites is 1. The van der Waals surface area contributed by atoms with Crippen molar-refractivity contribution in [3.8, 4) is 23.1 Å². The van der Waals surface area contributed by atoms with E-state index in [9.17, 15) is 0 Å². The molecule has 0 radical (unpaired) electrons. The molecule has 0 saturated heterocycles. The number of hydrogen-bond acceptors (Lipinski definition) is 5. The van der Waals surface area contributed by atoms with E-state index in [1.54, 1.807) is 23.0 Å². The van der Waals surface area contributed by atoms with Gasteiger partial charge in [-0.2, -0.15) is 5.26 Å². The highest BCUT2D eigenvalue weighted by Gasteiger charge is 2.14. The Morgan fingerprint density at radius 3 is 2.58 bits per heavy atom. The first-order valence-electron chi connectivity index (χ1n) is 7.87. The smallest absolute Gasteiger partial charge is 0.186 e. The number of benzene rings is 2. The summed E-state index contributed by atoms with van der Waals surface area (Å²) in [6.45, 7) is 0.485. The highest BCUT2D eigenvalue weighted by atomic mass is 32.1. The summed E-state index contributed by atoms with van der Waals surface area (Å²) >= 11 is 5.60. The molecule has 4 rings (SSSR count). The molecule has 26 heavy (non-hydrogen) atoms. The number of aromatic nitrogens is 6. The summed E-state index contributed by atoms with van der Waals surface area (Å²) in [4.78, 5) is 0. The lowest BCUT2D eigenvalue weighted by atomic mass is 10.1. The van der Waals surface area contributed by atoms with Gasteiger partial charge < -0.3 is 0 Å². The van der Waals surface area contributed by atoms with Crippen molar-refractivity contribution in [1.29, 1.82) is 5.26 Å². The molecule has 0 aliphatic carbocycles. The average molecular weight is 359 g/mol. The Balaban J connectivity index is 1.68. The Labute approximate surface area is 154 Å². The van der Waals surface area contributed by atoms with E-state index in [1.165, 1.54) is 0 Å². The molecule has 126 valence electrons. The van der Waals surface area contributed by atoms with E-state index >= 15 is 0 Å². The van der Waals surface area contributed by atoms with E-state index in [4.69, 9.17) is 17.5 Å². The zero-order chi connectivity index (χ0) is 17.9. The summed E-state index contributed by atoms with van der Waals surface area (Å²) in [6, 6.07) is 19.2. The van der Waals surface area contributed by atoms with Crippen LogP contribution in [-0.2, 0) is 6.54 Å². The number of nitrogens with one attached hydrogen (secondary N) is 1. The Morgan fingerprint density at radius 2 is 1.85 bits per heavy atom. The van der Waals surface area contributed by atoms with Crippen LogP contribution in [-0.4, -0.2) is 30.0 Å². The first-order chi connectivity index (χ1) is 12.8. The number of aromatic amines is 1. The van der Waals surface area contributed by atoms with Gasteiger partial charge in [-0.15, -0.1) is 5.10 Å². The largest absolute Gasteiger partial charge is 0.299 e. The second kappa shape index (κ2) is 6.74. The normalized spacial score (nSPS) is 10.6. The lowest BCUT2D eigenvalue weighted by molar-refractivity contribution is 0.653. The summed E-state index contributed by atoms with van der Waals surface area (Å²) in [5, 5.41) is 24.1. The van der Waals surface area contributed by atoms with Gasteiger partial charge in [0, 0.05) is 6.20 Å². The van der Waals surface area contributed by atoms with Crippen molar-refractivity contribution in [3.05, 3.63) is 76.6 Å². The van der Waals surface area contributed by atoms with Crippen LogP contribution < -0.4 is 0 Å². The van der Waals surface area contributed by atoms with Gasteiger partial charge in [0.1, 0.15) is 4.64 Å². The van der Waals surface area contributed by atoms with Gasteiger partial charge in [0.05, 0.1) is 29.4 Å². The third kappa shape index (κ3) is 2.92. The predicted octanol–water partition coefficient (Wildman–Crippen LogP) is 3.11. The fourth-order valence-electron chi connectivity index (χ4n) is 2.66. The van der Waals surface area contributed by atoms with Crippen molar-refractivity contribution in [2.75, 3.05) is 0 Å². The molecule has 0 atom stereocenters. The molecule has 1 N–H and O–H groups in total. The van der Waals surface area contributed by atoms with Crippen LogP contribution in [0.2, 0.25) is 0 Å². The van der Waals surface area contributed by atoms with E-state index in [0.717, 1.165) is 16.8 Å². The molecule has 8 heteroatoms. The Morgan fingerprint density at radius 1 is 1.08 bits per heavy atom. The van der Waals surface area contributed by atoms with Gasteiger partial charge in [-0.3, -0.25) is 5.10 Å². The van der Waals surface area contributed by atoms with E-state index in [1.807, 2.05) is 47.1 Å². The number of hydrogen-bond donors (Lipinski definition) is 1. The lowest BCUT2D eigenvalue weighted by Gasteiger charge is -2.04. The summed E-state index contributed by atoms with van der Waals surface area (Å²) < 4.78 is 4.10. The number of rotatable bonds is 4. The maximum Gasteiger partial charge on any atom is 0.186 e. The van der Waals surface area contributed by atoms with Gasteiger partial charge >= 0.3 is 0 Å². The fraction of sp³-hybridized carbons (Fsp3) is 0.0556. The van der Waals surface area contributed by atoms with Gasteiger partial charge in [0.25, 0.3) is 0 Å². The van der Waals surface area contributed by atoms with E-state index in [2.05, 4.69) is 26.7 Å². The molecule has 0 aliphatic heterocycles. The molecule has 0 spiro atoms. The van der Waals surface area contributed by atoms with Crippen molar-refractivity contribution in [1.82, 2.24) is 30.0 Å². The number of nitrogens with zero attached hydrogens (tertiary/aromatic N) is 6. The summed E-state index contributed by atoms with van der Waals surface area (Å²) in [6.07, 6.45) is 1.80. The van der Waals surface area contributed by atoms with Crippen LogP contribution in [0.5, 0.6) is 0 Å². The predicted molar refractivity (Wildman–Crippen MR) is 98.0 cm³/mol. The van der Waals surface area contributed by atoms with Crippen molar-refractivity contribution >= 4 is 12.2 Å². The van der Waals surface area contributed by atoms with Crippen LogP contribution in [0.15, 0.2) is 60.8 Å². The van der Waals surface area contributed by atoms with Crippen LogP contribution in [0.25, 0.3) is 17.1 Å². The molecule has 0 fully saturated rings. The van der Waals surface area contributed by atoms with Gasteiger partial charge in [-0.25, -0.2) is 9.36 Å². The minimum Gasteiger partial charge on any atom is -0.299 e. The standard InChI is InChI=1S/C18H13N7S/c19-10-13-6-8-14(9-7-13)12-24-17(21-22-23-24)16-11-20-25(18(16)26)15-4-2-1-3-5-15/h1-9,11,20H,12H2. The van der Waals surface area contributed by atoms with Crippen LogP contribution in [0.4, 0.5) is 0 Å². The van der Waals surface area contributed by atoms with Gasteiger partial charge in [-0.1, -0.05) is 42.5 Å². The van der Waals surface area contributed by atoms with Crippen LogP contribution in [0.3, 0.4) is 0 Å². The molecule has 0 amide bonds. The van der Waals surface area contributed by atoms with Crippen molar-refractivity contribution in [2.24, 2.45) is 0 Å². The Bertz CT molecular complexity index is 1130. The Hall–Kier alpha value is -3.57. The fourth-order valence-corrected chi connectivity index (χ4v) is 2.97. The van der Waals surface area contributed by atoms with Crippen molar-refractivity contribution < 1.29 is 0 Å². The Kier molecular flexibility index (Phi) is 4.13. The molecule has 0 bridgehead atoms. The molecular weight excluding hydrogens is 346 g/mol. The zero-order valence-corrected chi connectivity index (χ0v) is 14.4. The topological polar surface area (TPSA) is 88.1 Å². The van der Waals surface area contributed by atoms with Gasteiger partial charge in [0.2, 0.25) is 0 Å².